The Labute approximate surface area is 121 Å². The third kappa shape index (κ3) is 2.72. The monoisotopic (exact) mass is 268 g/mol. The summed E-state index contributed by atoms with van der Waals surface area (Å²) >= 11 is 0. The first kappa shape index (κ1) is 13.6. The van der Waals surface area contributed by atoms with E-state index in [1.807, 2.05) is 0 Å². The number of benzene rings is 2. The second-order valence-electron chi connectivity index (χ2n) is 6.01. The molecule has 0 saturated heterocycles. The van der Waals surface area contributed by atoms with Crippen LogP contribution in [-0.2, 0) is 0 Å². The van der Waals surface area contributed by atoms with Gasteiger partial charge in [-0.2, -0.15) is 0 Å². The Balaban J connectivity index is 1.83. The predicted molar refractivity (Wildman–Crippen MR) is 85.7 cm³/mol. The summed E-state index contributed by atoms with van der Waals surface area (Å²) in [5, 5.41) is 6.41. The van der Waals surface area contributed by atoms with Crippen LogP contribution in [0.1, 0.15) is 44.2 Å². The van der Waals surface area contributed by atoms with E-state index in [0.29, 0.717) is 18.1 Å². The standard InChI is InChI=1S/C18H24N2/c1-13(20-18-12-5-4-11-17(18)19)15-10-6-8-14-7-2-3-9-16(14)15/h2-3,6-10,13,17-18,20H,4-5,11-12,19H2,1H3/t13-,17+,18+/m0/s1. The first-order valence-electron chi connectivity index (χ1n) is 7.75. The maximum absolute atomic E-state index is 6.26. The van der Waals surface area contributed by atoms with Crippen LogP contribution in [0.25, 0.3) is 10.8 Å². The third-order valence-electron chi connectivity index (χ3n) is 4.57. The molecule has 2 aromatic rings. The Bertz CT molecular complexity index is 573. The minimum atomic E-state index is 0.307. The molecule has 1 saturated carbocycles. The Morgan fingerprint density at radius 1 is 1.05 bits per heavy atom. The minimum absolute atomic E-state index is 0.307. The summed E-state index contributed by atoms with van der Waals surface area (Å²) in [6.45, 7) is 2.25. The first-order valence-corrected chi connectivity index (χ1v) is 7.75. The Kier molecular flexibility index (Phi) is 4.04. The molecule has 2 aromatic carbocycles. The smallest absolute Gasteiger partial charge is 0.0301 e. The van der Waals surface area contributed by atoms with Crippen molar-refractivity contribution in [3.8, 4) is 0 Å². The van der Waals surface area contributed by atoms with Crippen LogP contribution < -0.4 is 11.1 Å². The lowest BCUT2D eigenvalue weighted by Crippen LogP contribution is -2.47. The molecule has 3 rings (SSSR count). The average molecular weight is 268 g/mol. The van der Waals surface area contributed by atoms with Gasteiger partial charge in [-0.1, -0.05) is 55.3 Å². The molecule has 0 radical (unpaired) electrons. The summed E-state index contributed by atoms with van der Waals surface area (Å²) < 4.78 is 0. The third-order valence-corrected chi connectivity index (χ3v) is 4.57. The van der Waals surface area contributed by atoms with E-state index in [2.05, 4.69) is 54.7 Å². The highest BCUT2D eigenvalue weighted by Gasteiger charge is 2.23. The van der Waals surface area contributed by atoms with Crippen molar-refractivity contribution in [3.63, 3.8) is 0 Å². The molecule has 0 spiro atoms. The van der Waals surface area contributed by atoms with E-state index >= 15 is 0 Å². The van der Waals surface area contributed by atoms with Crippen LogP contribution in [-0.4, -0.2) is 12.1 Å². The molecule has 0 aromatic heterocycles. The van der Waals surface area contributed by atoms with Crippen LogP contribution in [0.2, 0.25) is 0 Å². The van der Waals surface area contributed by atoms with Crippen LogP contribution in [0.15, 0.2) is 42.5 Å². The topological polar surface area (TPSA) is 38.0 Å². The van der Waals surface area contributed by atoms with Crippen LogP contribution in [0.4, 0.5) is 0 Å². The van der Waals surface area contributed by atoms with Gasteiger partial charge in [-0.3, -0.25) is 0 Å². The molecule has 106 valence electrons. The SMILES string of the molecule is C[C@H](N[C@@H]1CCCC[C@H]1N)c1cccc2ccccc12. The maximum Gasteiger partial charge on any atom is 0.0301 e. The number of hydrogen-bond donors (Lipinski definition) is 2. The number of nitrogens with two attached hydrogens (primary N) is 1. The second-order valence-corrected chi connectivity index (χ2v) is 6.01. The van der Waals surface area contributed by atoms with Gasteiger partial charge in [-0.05, 0) is 36.1 Å². The molecule has 1 aliphatic carbocycles. The summed E-state index contributed by atoms with van der Waals surface area (Å²) in [7, 11) is 0. The second kappa shape index (κ2) is 5.94. The number of nitrogens with one attached hydrogen (secondary N) is 1. The maximum atomic E-state index is 6.26. The number of rotatable bonds is 3. The van der Waals surface area contributed by atoms with Gasteiger partial charge < -0.3 is 11.1 Å². The van der Waals surface area contributed by atoms with Crippen LogP contribution >= 0.6 is 0 Å². The van der Waals surface area contributed by atoms with Crippen molar-refractivity contribution in [2.24, 2.45) is 5.73 Å². The van der Waals surface area contributed by atoms with Crippen LogP contribution in [0.3, 0.4) is 0 Å². The van der Waals surface area contributed by atoms with Gasteiger partial charge in [0.1, 0.15) is 0 Å². The van der Waals surface area contributed by atoms with Gasteiger partial charge in [0.15, 0.2) is 0 Å². The lowest BCUT2D eigenvalue weighted by atomic mass is 9.89. The fourth-order valence-electron chi connectivity index (χ4n) is 3.41. The average Bonchev–Trinajstić information content (AvgIpc) is 2.49. The lowest BCUT2D eigenvalue weighted by Gasteiger charge is -2.32. The van der Waals surface area contributed by atoms with E-state index in [1.165, 1.54) is 35.6 Å². The van der Waals surface area contributed by atoms with Gasteiger partial charge in [0.2, 0.25) is 0 Å². The summed E-state index contributed by atoms with van der Waals surface area (Å²) in [6.07, 6.45) is 4.94. The fraction of sp³-hybridized carbons (Fsp3) is 0.444. The normalized spacial score (nSPS) is 24.7. The van der Waals surface area contributed by atoms with E-state index in [0.717, 1.165) is 6.42 Å². The predicted octanol–water partition coefficient (Wildman–Crippen LogP) is 3.76. The van der Waals surface area contributed by atoms with Gasteiger partial charge in [0.25, 0.3) is 0 Å². The summed E-state index contributed by atoms with van der Waals surface area (Å²) in [5.41, 5.74) is 7.63. The largest absolute Gasteiger partial charge is 0.326 e. The van der Waals surface area contributed by atoms with E-state index in [4.69, 9.17) is 5.73 Å². The molecular formula is C18H24N2. The van der Waals surface area contributed by atoms with E-state index < -0.39 is 0 Å². The molecule has 2 nitrogen and oxygen atoms in total. The van der Waals surface area contributed by atoms with Crippen molar-refractivity contribution in [3.05, 3.63) is 48.0 Å². The molecule has 0 unspecified atom stereocenters. The van der Waals surface area contributed by atoms with Gasteiger partial charge in [-0.15, -0.1) is 0 Å². The molecule has 0 heterocycles. The molecule has 2 heteroatoms. The zero-order valence-electron chi connectivity index (χ0n) is 12.2. The molecule has 3 atom stereocenters. The van der Waals surface area contributed by atoms with Gasteiger partial charge in [-0.25, -0.2) is 0 Å². The van der Waals surface area contributed by atoms with Crippen molar-refractivity contribution in [2.45, 2.75) is 50.7 Å². The molecule has 0 bridgehead atoms. The van der Waals surface area contributed by atoms with Crippen LogP contribution in [0, 0.1) is 0 Å². The highest BCUT2D eigenvalue weighted by atomic mass is 15.0. The van der Waals surface area contributed by atoms with E-state index in [1.54, 1.807) is 0 Å². The van der Waals surface area contributed by atoms with Crippen molar-refractivity contribution in [1.29, 1.82) is 0 Å². The molecule has 0 aliphatic heterocycles. The quantitative estimate of drug-likeness (QED) is 0.889. The zero-order valence-corrected chi connectivity index (χ0v) is 12.2. The van der Waals surface area contributed by atoms with E-state index in [9.17, 15) is 0 Å². The Hall–Kier alpha value is -1.38. The van der Waals surface area contributed by atoms with Gasteiger partial charge in [0, 0.05) is 18.1 Å². The summed E-state index contributed by atoms with van der Waals surface area (Å²) in [6, 6.07) is 16.3. The lowest BCUT2D eigenvalue weighted by molar-refractivity contribution is 0.307. The minimum Gasteiger partial charge on any atom is -0.326 e. The molecule has 3 N–H and O–H groups in total. The Morgan fingerprint density at radius 3 is 2.65 bits per heavy atom. The van der Waals surface area contributed by atoms with Crippen molar-refractivity contribution >= 4 is 10.8 Å². The number of hydrogen-bond acceptors (Lipinski definition) is 2. The van der Waals surface area contributed by atoms with Crippen LogP contribution in [0.5, 0.6) is 0 Å². The van der Waals surface area contributed by atoms with E-state index in [-0.39, 0.29) is 0 Å². The molecular weight excluding hydrogens is 244 g/mol. The highest BCUT2D eigenvalue weighted by Crippen LogP contribution is 2.26. The summed E-state index contributed by atoms with van der Waals surface area (Å²) in [5.74, 6) is 0. The van der Waals surface area contributed by atoms with Crippen molar-refractivity contribution < 1.29 is 0 Å². The first-order chi connectivity index (χ1) is 9.75. The summed E-state index contributed by atoms with van der Waals surface area (Å²) in [4.78, 5) is 0. The Morgan fingerprint density at radius 2 is 1.80 bits per heavy atom. The van der Waals surface area contributed by atoms with Gasteiger partial charge >= 0.3 is 0 Å². The zero-order chi connectivity index (χ0) is 13.9. The molecule has 1 aliphatic rings. The highest BCUT2D eigenvalue weighted by molar-refractivity contribution is 5.86. The number of fused-ring (bicyclic) bond motifs is 1. The molecule has 0 amide bonds. The van der Waals surface area contributed by atoms with Crippen molar-refractivity contribution in [1.82, 2.24) is 5.32 Å². The molecule has 1 fully saturated rings. The molecule has 20 heavy (non-hydrogen) atoms. The fourth-order valence-corrected chi connectivity index (χ4v) is 3.41. The van der Waals surface area contributed by atoms with Crippen molar-refractivity contribution in [2.75, 3.05) is 0 Å². The van der Waals surface area contributed by atoms with Gasteiger partial charge in [0.05, 0.1) is 0 Å².